The third-order valence-corrected chi connectivity index (χ3v) is 5.23. The number of carbonyl (C=O) groups excluding carboxylic acids is 2. The Balaban J connectivity index is 1.60. The lowest BCUT2D eigenvalue weighted by Gasteiger charge is -2.24. The number of aromatic nitrogens is 2. The van der Waals surface area contributed by atoms with Gasteiger partial charge >= 0.3 is 0 Å². The van der Waals surface area contributed by atoms with Gasteiger partial charge in [-0.3, -0.25) is 14.3 Å². The first-order chi connectivity index (χ1) is 12.0. The van der Waals surface area contributed by atoms with Gasteiger partial charge in [0.05, 0.1) is 12.2 Å². The molecule has 6 heteroatoms. The maximum atomic E-state index is 13.1. The normalized spacial score (nSPS) is 19.4. The van der Waals surface area contributed by atoms with Crippen LogP contribution in [0.15, 0.2) is 30.6 Å². The van der Waals surface area contributed by atoms with Gasteiger partial charge in [-0.15, -0.1) is 0 Å². The highest BCUT2D eigenvalue weighted by molar-refractivity contribution is 5.98. The van der Waals surface area contributed by atoms with E-state index in [1.165, 1.54) is 0 Å². The first kappa shape index (κ1) is 15.9. The lowest BCUT2D eigenvalue weighted by molar-refractivity contribution is -0.116. The Labute approximate surface area is 147 Å². The second-order valence-corrected chi connectivity index (χ2v) is 6.87. The third kappa shape index (κ3) is 2.71. The van der Waals surface area contributed by atoms with E-state index in [2.05, 4.69) is 5.10 Å². The predicted octanol–water partition coefficient (Wildman–Crippen LogP) is 2.31. The molecule has 1 atom stereocenters. The number of anilines is 1. The van der Waals surface area contributed by atoms with Crippen molar-refractivity contribution in [3.05, 3.63) is 47.3 Å². The zero-order valence-electron chi connectivity index (χ0n) is 14.6. The quantitative estimate of drug-likeness (QED) is 0.844. The summed E-state index contributed by atoms with van der Waals surface area (Å²) in [4.78, 5) is 28.5. The summed E-state index contributed by atoms with van der Waals surface area (Å²) in [5, 5.41) is 4.24. The van der Waals surface area contributed by atoms with Crippen molar-refractivity contribution in [1.29, 1.82) is 0 Å². The number of nitrogens with zero attached hydrogens (tertiary/aromatic N) is 4. The minimum absolute atomic E-state index is 0.0500. The average Bonchev–Trinajstić information content (AvgIpc) is 3.31. The smallest absolute Gasteiger partial charge is 0.254 e. The van der Waals surface area contributed by atoms with E-state index in [4.69, 9.17) is 0 Å². The first-order valence-electron chi connectivity index (χ1n) is 8.75. The molecule has 4 rings (SSSR count). The number of likely N-dealkylation sites (tertiary alicyclic amines) is 1. The van der Waals surface area contributed by atoms with E-state index in [1.807, 2.05) is 42.5 Å². The Morgan fingerprint density at radius 1 is 1.24 bits per heavy atom. The molecule has 25 heavy (non-hydrogen) atoms. The van der Waals surface area contributed by atoms with Crippen molar-refractivity contribution in [3.8, 4) is 0 Å². The minimum Gasteiger partial charge on any atom is -0.331 e. The van der Waals surface area contributed by atoms with Crippen LogP contribution in [0.5, 0.6) is 0 Å². The van der Waals surface area contributed by atoms with Gasteiger partial charge < -0.3 is 9.80 Å². The van der Waals surface area contributed by atoms with Crippen LogP contribution in [0.25, 0.3) is 0 Å². The molecule has 0 bridgehead atoms. The Bertz CT molecular complexity index is 842. The van der Waals surface area contributed by atoms with Crippen LogP contribution >= 0.6 is 0 Å². The molecule has 6 nitrogen and oxygen atoms in total. The summed E-state index contributed by atoms with van der Waals surface area (Å²) in [7, 11) is 1.89. The van der Waals surface area contributed by atoms with Crippen LogP contribution in [-0.4, -0.2) is 39.6 Å². The van der Waals surface area contributed by atoms with Gasteiger partial charge in [0.25, 0.3) is 5.91 Å². The number of carbonyl (C=O) groups is 2. The maximum Gasteiger partial charge on any atom is 0.254 e. The van der Waals surface area contributed by atoms with E-state index in [0.717, 1.165) is 42.6 Å². The molecule has 1 saturated heterocycles. The van der Waals surface area contributed by atoms with Crippen molar-refractivity contribution in [2.45, 2.75) is 32.2 Å². The Hall–Kier alpha value is -2.63. The highest BCUT2D eigenvalue weighted by Crippen LogP contribution is 2.34. The standard InChI is InChI=1S/C19H22N4O2/c1-13(24)22-9-7-14-10-15(5-6-18(14)22)19(25)23-8-3-4-17(23)16-11-20-21(2)12-16/h5-6,10-12,17H,3-4,7-9H2,1-2H3. The van der Waals surface area contributed by atoms with Crippen LogP contribution in [0.3, 0.4) is 0 Å². The molecule has 130 valence electrons. The number of hydrogen-bond acceptors (Lipinski definition) is 3. The average molecular weight is 338 g/mol. The van der Waals surface area contributed by atoms with Gasteiger partial charge in [0, 0.05) is 50.1 Å². The summed E-state index contributed by atoms with van der Waals surface area (Å²) in [5.41, 5.74) is 3.82. The predicted molar refractivity (Wildman–Crippen MR) is 94.4 cm³/mol. The number of aryl methyl sites for hydroxylation is 1. The van der Waals surface area contributed by atoms with Crippen molar-refractivity contribution >= 4 is 17.5 Å². The molecule has 2 aliphatic rings. The monoisotopic (exact) mass is 338 g/mol. The number of hydrogen-bond donors (Lipinski definition) is 0. The van der Waals surface area contributed by atoms with Gasteiger partial charge in [-0.05, 0) is 43.0 Å². The number of rotatable bonds is 2. The molecule has 2 amide bonds. The molecular formula is C19H22N4O2. The second-order valence-electron chi connectivity index (χ2n) is 6.87. The number of amides is 2. The highest BCUT2D eigenvalue weighted by Gasteiger charge is 2.32. The molecule has 1 fully saturated rings. The van der Waals surface area contributed by atoms with Gasteiger partial charge in [-0.25, -0.2) is 0 Å². The van der Waals surface area contributed by atoms with E-state index in [0.29, 0.717) is 12.1 Å². The number of fused-ring (bicyclic) bond motifs is 1. The summed E-state index contributed by atoms with van der Waals surface area (Å²) in [6, 6.07) is 5.81. The molecule has 2 aliphatic heterocycles. The molecule has 0 N–H and O–H groups in total. The molecule has 3 heterocycles. The largest absolute Gasteiger partial charge is 0.331 e. The lowest BCUT2D eigenvalue weighted by Crippen LogP contribution is -2.30. The van der Waals surface area contributed by atoms with E-state index in [1.54, 1.807) is 16.5 Å². The van der Waals surface area contributed by atoms with Crippen molar-refractivity contribution in [1.82, 2.24) is 14.7 Å². The van der Waals surface area contributed by atoms with Gasteiger partial charge in [0.15, 0.2) is 0 Å². The third-order valence-electron chi connectivity index (χ3n) is 5.23. The van der Waals surface area contributed by atoms with Crippen LogP contribution in [0, 0.1) is 0 Å². The van der Waals surface area contributed by atoms with Crippen LogP contribution in [0.4, 0.5) is 5.69 Å². The maximum absolute atomic E-state index is 13.1. The molecule has 0 radical (unpaired) electrons. The Kier molecular flexibility index (Phi) is 3.82. The fraction of sp³-hybridized carbons (Fsp3) is 0.421. The van der Waals surface area contributed by atoms with Gasteiger partial charge in [0.1, 0.15) is 0 Å². The lowest BCUT2D eigenvalue weighted by atomic mass is 10.1. The highest BCUT2D eigenvalue weighted by atomic mass is 16.2. The van der Waals surface area contributed by atoms with Crippen LogP contribution in [0.1, 0.15) is 47.3 Å². The minimum atomic E-state index is 0.0500. The summed E-state index contributed by atoms with van der Waals surface area (Å²) >= 11 is 0. The summed E-state index contributed by atoms with van der Waals surface area (Å²) in [6.07, 6.45) is 6.63. The summed E-state index contributed by atoms with van der Waals surface area (Å²) in [6.45, 7) is 3.05. The van der Waals surface area contributed by atoms with Crippen LogP contribution in [0.2, 0.25) is 0 Å². The topological polar surface area (TPSA) is 58.4 Å². The summed E-state index contributed by atoms with van der Waals surface area (Å²) in [5.74, 6) is 0.115. The zero-order valence-corrected chi connectivity index (χ0v) is 14.6. The summed E-state index contributed by atoms with van der Waals surface area (Å²) < 4.78 is 1.78. The van der Waals surface area contributed by atoms with Crippen molar-refractivity contribution in [2.24, 2.45) is 7.05 Å². The van der Waals surface area contributed by atoms with Crippen molar-refractivity contribution in [2.75, 3.05) is 18.0 Å². The van der Waals surface area contributed by atoms with E-state index >= 15 is 0 Å². The second kappa shape index (κ2) is 6.02. The molecule has 0 spiro atoms. The molecule has 1 aromatic heterocycles. The zero-order chi connectivity index (χ0) is 17.6. The molecule has 1 aromatic carbocycles. The van der Waals surface area contributed by atoms with Gasteiger partial charge in [0.2, 0.25) is 5.91 Å². The Morgan fingerprint density at radius 2 is 2.08 bits per heavy atom. The van der Waals surface area contributed by atoms with Crippen LogP contribution < -0.4 is 4.90 Å². The van der Waals surface area contributed by atoms with Crippen molar-refractivity contribution < 1.29 is 9.59 Å². The molecule has 0 aliphatic carbocycles. The number of benzene rings is 1. The fourth-order valence-electron chi connectivity index (χ4n) is 4.00. The first-order valence-corrected chi connectivity index (χ1v) is 8.75. The Morgan fingerprint density at radius 3 is 2.80 bits per heavy atom. The van der Waals surface area contributed by atoms with E-state index < -0.39 is 0 Å². The fourth-order valence-corrected chi connectivity index (χ4v) is 4.00. The van der Waals surface area contributed by atoms with E-state index in [9.17, 15) is 9.59 Å². The van der Waals surface area contributed by atoms with Gasteiger partial charge in [-0.2, -0.15) is 5.10 Å². The molecule has 2 aromatic rings. The molecule has 0 saturated carbocycles. The van der Waals surface area contributed by atoms with Crippen LogP contribution in [-0.2, 0) is 18.3 Å². The molecule has 1 unspecified atom stereocenters. The van der Waals surface area contributed by atoms with Crippen molar-refractivity contribution in [3.63, 3.8) is 0 Å². The van der Waals surface area contributed by atoms with Gasteiger partial charge in [-0.1, -0.05) is 0 Å². The molecular weight excluding hydrogens is 316 g/mol. The van der Waals surface area contributed by atoms with E-state index in [-0.39, 0.29) is 17.9 Å². The SMILES string of the molecule is CC(=O)N1CCc2cc(C(=O)N3CCCC3c3cnn(C)c3)ccc21.